The predicted octanol–water partition coefficient (Wildman–Crippen LogP) is 5.24. The molecule has 2 N–H and O–H groups in total. The van der Waals surface area contributed by atoms with Crippen LogP contribution in [0.2, 0.25) is 15.1 Å². The van der Waals surface area contributed by atoms with Crippen LogP contribution in [-0.2, 0) is 4.79 Å². The summed E-state index contributed by atoms with van der Waals surface area (Å²) in [4.78, 5) is 14.9. The summed E-state index contributed by atoms with van der Waals surface area (Å²) in [5.41, 5.74) is 0.396. The van der Waals surface area contributed by atoms with E-state index in [1.54, 1.807) is 12.1 Å². The van der Waals surface area contributed by atoms with Gasteiger partial charge in [0.25, 0.3) is 0 Å². The van der Waals surface area contributed by atoms with Gasteiger partial charge in [-0.05, 0) is 56.7 Å². The van der Waals surface area contributed by atoms with Crippen LogP contribution in [0.3, 0.4) is 0 Å². The molecule has 1 amide bonds. The third kappa shape index (κ3) is 5.30. The van der Waals surface area contributed by atoms with Crippen molar-refractivity contribution < 1.29 is 9.90 Å². The Balaban J connectivity index is 1.68. The summed E-state index contributed by atoms with van der Waals surface area (Å²) in [6.07, 6.45) is 5.95. The predicted molar refractivity (Wildman–Crippen MR) is 112 cm³/mol. The van der Waals surface area contributed by atoms with Gasteiger partial charge in [-0.15, -0.1) is 0 Å². The number of rotatable bonds is 4. The lowest BCUT2D eigenvalue weighted by Gasteiger charge is -2.44. The van der Waals surface area contributed by atoms with Gasteiger partial charge in [0.05, 0.1) is 28.4 Å². The molecule has 1 aromatic rings. The lowest BCUT2D eigenvalue weighted by molar-refractivity contribution is -0.119. The molecular formula is C20H27Cl3N2O2. The van der Waals surface area contributed by atoms with Crippen LogP contribution in [0.4, 0.5) is 5.69 Å². The Morgan fingerprint density at radius 2 is 1.89 bits per heavy atom. The van der Waals surface area contributed by atoms with Gasteiger partial charge in [-0.3, -0.25) is 9.69 Å². The zero-order chi connectivity index (χ0) is 19.6. The van der Waals surface area contributed by atoms with E-state index in [0.717, 1.165) is 45.1 Å². The number of benzene rings is 1. The molecule has 2 aliphatic rings. The number of anilines is 1. The van der Waals surface area contributed by atoms with Crippen molar-refractivity contribution in [1.82, 2.24) is 4.90 Å². The van der Waals surface area contributed by atoms with Crippen LogP contribution < -0.4 is 5.32 Å². The largest absolute Gasteiger partial charge is 0.393 e. The van der Waals surface area contributed by atoms with Crippen molar-refractivity contribution in [2.24, 2.45) is 11.8 Å². The summed E-state index contributed by atoms with van der Waals surface area (Å²) < 4.78 is 0. The normalized spacial score (nSPS) is 29.5. The van der Waals surface area contributed by atoms with Crippen molar-refractivity contribution in [3.63, 3.8) is 0 Å². The molecule has 27 heavy (non-hydrogen) atoms. The van der Waals surface area contributed by atoms with Gasteiger partial charge < -0.3 is 10.4 Å². The first-order chi connectivity index (χ1) is 12.8. The molecule has 1 saturated heterocycles. The number of amides is 1. The minimum Gasteiger partial charge on any atom is -0.393 e. The first-order valence-corrected chi connectivity index (χ1v) is 10.8. The van der Waals surface area contributed by atoms with E-state index in [9.17, 15) is 9.90 Å². The first kappa shape index (κ1) is 21.2. The first-order valence-electron chi connectivity index (χ1n) is 9.71. The van der Waals surface area contributed by atoms with Gasteiger partial charge in [0, 0.05) is 17.0 Å². The highest BCUT2D eigenvalue weighted by Gasteiger charge is 2.38. The maximum Gasteiger partial charge on any atom is 0.238 e. The number of hydrogen-bond acceptors (Lipinski definition) is 3. The monoisotopic (exact) mass is 432 g/mol. The summed E-state index contributed by atoms with van der Waals surface area (Å²) in [7, 11) is 0. The van der Waals surface area contributed by atoms with E-state index in [1.165, 1.54) is 0 Å². The summed E-state index contributed by atoms with van der Waals surface area (Å²) in [6, 6.07) is 3.38. The fourth-order valence-corrected chi connectivity index (χ4v) is 5.46. The Hall–Kier alpha value is -0.520. The smallest absolute Gasteiger partial charge is 0.238 e. The Labute approximate surface area is 176 Å². The quantitative estimate of drug-likeness (QED) is 0.683. The molecule has 2 fully saturated rings. The summed E-state index contributed by atoms with van der Waals surface area (Å²) in [5.74, 6) is 0.721. The van der Waals surface area contributed by atoms with Gasteiger partial charge in [-0.1, -0.05) is 48.1 Å². The van der Waals surface area contributed by atoms with Crippen LogP contribution in [0.5, 0.6) is 0 Å². The minimum atomic E-state index is -0.269. The van der Waals surface area contributed by atoms with Crippen molar-refractivity contribution >= 4 is 46.4 Å². The molecule has 1 heterocycles. The van der Waals surface area contributed by atoms with E-state index in [2.05, 4.69) is 17.1 Å². The van der Waals surface area contributed by atoms with Crippen LogP contribution in [0.15, 0.2) is 12.1 Å². The molecule has 0 radical (unpaired) electrons. The number of aliphatic hydroxyl groups excluding tert-OH is 1. The highest BCUT2D eigenvalue weighted by molar-refractivity contribution is 6.42. The fourth-order valence-electron chi connectivity index (χ4n) is 4.55. The average molecular weight is 434 g/mol. The minimum absolute atomic E-state index is 0.147. The fraction of sp³-hybridized carbons (Fsp3) is 0.650. The molecule has 0 spiro atoms. The number of nitrogens with zero attached hydrogens (tertiary/aromatic N) is 1. The zero-order valence-corrected chi connectivity index (χ0v) is 17.8. The number of carbonyl (C=O) groups is 1. The standard InChI is InChI=1S/C20H27Cl3N2O2/c1-12-5-6-18(26)14(8-12)17-4-2-3-7-25(17)11-19(27)24-20-15(22)9-13(21)10-16(20)23/h9-10,12,14,17-18,26H,2-8,11H2,1H3,(H,24,27)/t12-,14+,17+,18+/m1/s1. The molecular weight excluding hydrogens is 407 g/mol. The molecule has 0 bridgehead atoms. The third-order valence-electron chi connectivity index (χ3n) is 5.90. The molecule has 1 saturated carbocycles. The second-order valence-corrected chi connectivity index (χ2v) is 9.23. The number of hydrogen-bond donors (Lipinski definition) is 2. The van der Waals surface area contributed by atoms with Crippen LogP contribution in [0.25, 0.3) is 0 Å². The summed E-state index contributed by atoms with van der Waals surface area (Å²) >= 11 is 18.3. The van der Waals surface area contributed by atoms with Crippen LogP contribution >= 0.6 is 34.8 Å². The van der Waals surface area contributed by atoms with Gasteiger partial charge in [-0.25, -0.2) is 0 Å². The van der Waals surface area contributed by atoms with Crippen molar-refractivity contribution in [3.05, 3.63) is 27.2 Å². The molecule has 0 aromatic heterocycles. The zero-order valence-electron chi connectivity index (χ0n) is 15.6. The van der Waals surface area contributed by atoms with Crippen molar-refractivity contribution in [3.8, 4) is 0 Å². The lowest BCUT2D eigenvalue weighted by Crippen LogP contribution is -2.51. The Bertz CT molecular complexity index is 662. The molecule has 1 aromatic carbocycles. The summed E-state index contributed by atoms with van der Waals surface area (Å²) in [5, 5.41) is 14.5. The second-order valence-electron chi connectivity index (χ2n) is 7.98. The van der Waals surface area contributed by atoms with Gasteiger partial charge in [0.2, 0.25) is 5.91 Å². The van der Waals surface area contributed by atoms with Crippen molar-refractivity contribution in [2.75, 3.05) is 18.4 Å². The third-order valence-corrected chi connectivity index (χ3v) is 6.71. The number of piperidine rings is 1. The molecule has 1 aliphatic carbocycles. The SMILES string of the molecule is C[C@@H]1CC[C@H](O)[C@H]([C@@H]2CCCCN2CC(=O)Nc2c(Cl)cc(Cl)cc2Cl)C1. The number of aliphatic hydroxyl groups is 1. The summed E-state index contributed by atoms with van der Waals surface area (Å²) in [6.45, 7) is 3.40. The number of likely N-dealkylation sites (tertiary alicyclic amines) is 1. The molecule has 3 rings (SSSR count). The molecule has 150 valence electrons. The van der Waals surface area contributed by atoms with E-state index in [4.69, 9.17) is 34.8 Å². The van der Waals surface area contributed by atoms with Crippen molar-refractivity contribution in [2.45, 2.75) is 57.6 Å². The second kappa shape index (κ2) is 9.32. The maximum absolute atomic E-state index is 12.7. The Kier molecular flexibility index (Phi) is 7.32. The highest BCUT2D eigenvalue weighted by atomic mass is 35.5. The Morgan fingerprint density at radius 3 is 2.59 bits per heavy atom. The average Bonchev–Trinajstić information content (AvgIpc) is 2.61. The molecule has 7 heteroatoms. The molecule has 1 aliphatic heterocycles. The maximum atomic E-state index is 12.7. The van der Waals surface area contributed by atoms with Crippen LogP contribution in [-0.4, -0.2) is 41.1 Å². The number of halogens is 3. The van der Waals surface area contributed by atoms with Gasteiger partial charge in [0.1, 0.15) is 0 Å². The van der Waals surface area contributed by atoms with Gasteiger partial charge in [0.15, 0.2) is 0 Å². The lowest BCUT2D eigenvalue weighted by atomic mass is 9.74. The molecule has 0 unspecified atom stereocenters. The van der Waals surface area contributed by atoms with E-state index >= 15 is 0 Å². The molecule has 4 atom stereocenters. The van der Waals surface area contributed by atoms with Gasteiger partial charge >= 0.3 is 0 Å². The van der Waals surface area contributed by atoms with E-state index in [1.807, 2.05) is 0 Å². The Morgan fingerprint density at radius 1 is 1.19 bits per heavy atom. The van der Waals surface area contributed by atoms with E-state index in [0.29, 0.717) is 26.7 Å². The number of nitrogens with one attached hydrogen (secondary N) is 1. The van der Waals surface area contributed by atoms with Gasteiger partial charge in [-0.2, -0.15) is 0 Å². The van der Waals surface area contributed by atoms with Crippen LogP contribution in [0, 0.1) is 11.8 Å². The van der Waals surface area contributed by atoms with E-state index < -0.39 is 0 Å². The van der Waals surface area contributed by atoms with Crippen LogP contribution in [0.1, 0.15) is 45.4 Å². The van der Waals surface area contributed by atoms with E-state index in [-0.39, 0.29) is 30.5 Å². The van der Waals surface area contributed by atoms with Crippen molar-refractivity contribution in [1.29, 1.82) is 0 Å². The number of carbonyl (C=O) groups excluding carboxylic acids is 1. The topological polar surface area (TPSA) is 52.6 Å². The highest BCUT2D eigenvalue weighted by Crippen LogP contribution is 2.37. The molecule has 4 nitrogen and oxygen atoms in total.